The van der Waals surface area contributed by atoms with Crippen LogP contribution >= 0.6 is 0 Å². The van der Waals surface area contributed by atoms with Crippen LogP contribution in [0.15, 0.2) is 0 Å². The predicted molar refractivity (Wildman–Crippen MR) is 53.0 cm³/mol. The van der Waals surface area contributed by atoms with Crippen LogP contribution in [0.3, 0.4) is 0 Å². The first-order valence-electron chi connectivity index (χ1n) is 4.40. The Morgan fingerprint density at radius 2 is 2.00 bits per heavy atom. The number of amides is 2. The maximum atomic E-state index is 11.1. The minimum atomic E-state index is -1.30. The summed E-state index contributed by atoms with van der Waals surface area (Å²) in [4.78, 5) is 21.5. The first-order chi connectivity index (χ1) is 6.76. The van der Waals surface area contributed by atoms with Gasteiger partial charge in [0, 0.05) is 0 Å². The van der Waals surface area contributed by atoms with Crippen LogP contribution in [-0.4, -0.2) is 35.4 Å². The first-order valence-corrected chi connectivity index (χ1v) is 4.40. The predicted octanol–water partition coefficient (Wildman–Crippen LogP) is -0.572. The Labute approximate surface area is 87.9 Å². The fraction of sp³-hybridized carbons (Fsp3) is 0.750. The molecule has 0 rings (SSSR count). The molecular formula is C8H17N3O4. The van der Waals surface area contributed by atoms with Crippen LogP contribution in [0.1, 0.15) is 20.8 Å². The molecule has 7 heteroatoms. The standard InChI is InChI=1S/C8H17N3O4/c1-8(2,3)15-4-5(6(12)11-9)10-7(13)14/h5,10H,4,9H2,1-3H3,(H,11,12)(H,13,14)/t5-/m1/s1. The molecule has 0 aliphatic carbocycles. The van der Waals surface area contributed by atoms with Gasteiger partial charge in [0.05, 0.1) is 12.2 Å². The number of hydrazine groups is 1. The maximum Gasteiger partial charge on any atom is 0.405 e. The maximum absolute atomic E-state index is 11.1. The van der Waals surface area contributed by atoms with Crippen molar-refractivity contribution in [1.29, 1.82) is 0 Å². The largest absolute Gasteiger partial charge is 0.465 e. The summed E-state index contributed by atoms with van der Waals surface area (Å²) in [6.45, 7) is 5.32. The van der Waals surface area contributed by atoms with Crippen molar-refractivity contribution in [3.8, 4) is 0 Å². The average molecular weight is 219 g/mol. The number of carboxylic acid groups (broad SMARTS) is 1. The Bertz CT molecular complexity index is 237. The van der Waals surface area contributed by atoms with Gasteiger partial charge in [-0.05, 0) is 20.8 Å². The smallest absolute Gasteiger partial charge is 0.405 e. The third kappa shape index (κ3) is 6.69. The van der Waals surface area contributed by atoms with Gasteiger partial charge in [0.25, 0.3) is 5.91 Å². The lowest BCUT2D eigenvalue weighted by Crippen LogP contribution is -2.51. The van der Waals surface area contributed by atoms with E-state index in [1.807, 2.05) is 10.7 Å². The van der Waals surface area contributed by atoms with E-state index in [0.29, 0.717) is 0 Å². The van der Waals surface area contributed by atoms with E-state index in [1.165, 1.54) is 0 Å². The number of nitrogens with one attached hydrogen (secondary N) is 2. The molecular weight excluding hydrogens is 202 g/mol. The molecule has 2 amide bonds. The zero-order chi connectivity index (χ0) is 12.1. The Morgan fingerprint density at radius 1 is 1.47 bits per heavy atom. The molecule has 0 heterocycles. The van der Waals surface area contributed by atoms with E-state index in [1.54, 1.807) is 20.8 Å². The highest BCUT2D eigenvalue weighted by atomic mass is 16.5. The summed E-state index contributed by atoms with van der Waals surface area (Å²) in [7, 11) is 0. The van der Waals surface area contributed by atoms with Crippen molar-refractivity contribution in [3.63, 3.8) is 0 Å². The lowest BCUT2D eigenvalue weighted by Gasteiger charge is -2.23. The molecule has 0 unspecified atom stereocenters. The second-order valence-corrected chi connectivity index (χ2v) is 3.93. The number of rotatable bonds is 4. The Kier molecular flexibility index (Phi) is 5.03. The molecule has 1 atom stereocenters. The number of carbonyl (C=O) groups excluding carboxylic acids is 1. The highest BCUT2D eigenvalue weighted by molar-refractivity contribution is 5.84. The summed E-state index contributed by atoms with van der Waals surface area (Å²) in [5.41, 5.74) is 1.41. The minimum Gasteiger partial charge on any atom is -0.465 e. The fourth-order valence-corrected chi connectivity index (χ4v) is 0.766. The van der Waals surface area contributed by atoms with Gasteiger partial charge >= 0.3 is 6.09 Å². The van der Waals surface area contributed by atoms with Crippen molar-refractivity contribution >= 4 is 12.0 Å². The van der Waals surface area contributed by atoms with Crippen molar-refractivity contribution in [2.45, 2.75) is 32.4 Å². The number of carbonyl (C=O) groups is 2. The molecule has 0 radical (unpaired) electrons. The zero-order valence-electron chi connectivity index (χ0n) is 9.03. The van der Waals surface area contributed by atoms with E-state index in [4.69, 9.17) is 15.7 Å². The quantitative estimate of drug-likeness (QED) is 0.287. The Balaban J connectivity index is 4.25. The third-order valence-corrected chi connectivity index (χ3v) is 1.44. The van der Waals surface area contributed by atoms with Gasteiger partial charge in [-0.15, -0.1) is 0 Å². The van der Waals surface area contributed by atoms with Crippen LogP contribution in [0, 0.1) is 0 Å². The van der Waals surface area contributed by atoms with E-state index in [9.17, 15) is 9.59 Å². The normalized spacial score (nSPS) is 13.1. The third-order valence-electron chi connectivity index (χ3n) is 1.44. The summed E-state index contributed by atoms with van der Waals surface area (Å²) in [5.74, 6) is 4.26. The first kappa shape index (κ1) is 13.7. The van der Waals surface area contributed by atoms with Crippen LogP contribution in [0.25, 0.3) is 0 Å². The topological polar surface area (TPSA) is 114 Å². The summed E-state index contributed by atoms with van der Waals surface area (Å²) < 4.78 is 5.27. The monoisotopic (exact) mass is 219 g/mol. The Morgan fingerprint density at radius 3 is 2.33 bits per heavy atom. The summed E-state index contributed by atoms with van der Waals surface area (Å²) in [6.07, 6.45) is -1.30. The summed E-state index contributed by atoms with van der Waals surface area (Å²) >= 11 is 0. The van der Waals surface area contributed by atoms with Gasteiger partial charge in [-0.1, -0.05) is 0 Å². The van der Waals surface area contributed by atoms with Gasteiger partial charge in [0.15, 0.2) is 0 Å². The second-order valence-electron chi connectivity index (χ2n) is 3.93. The fourth-order valence-electron chi connectivity index (χ4n) is 0.766. The van der Waals surface area contributed by atoms with Crippen molar-refractivity contribution in [2.75, 3.05) is 6.61 Å². The number of ether oxygens (including phenoxy) is 1. The minimum absolute atomic E-state index is 0.0706. The molecule has 0 aromatic carbocycles. The average Bonchev–Trinajstić information content (AvgIpc) is 2.09. The molecule has 0 aliphatic rings. The summed E-state index contributed by atoms with van der Waals surface area (Å²) in [6, 6.07) is -1.01. The van der Waals surface area contributed by atoms with E-state index in [2.05, 4.69) is 0 Å². The molecule has 0 fully saturated rings. The molecule has 15 heavy (non-hydrogen) atoms. The summed E-state index contributed by atoms with van der Waals surface area (Å²) in [5, 5.41) is 10.5. The molecule has 0 saturated heterocycles. The molecule has 0 saturated carbocycles. The molecule has 0 aliphatic heterocycles. The number of nitrogens with two attached hydrogens (primary N) is 1. The van der Waals surface area contributed by atoms with Crippen molar-refractivity contribution in [1.82, 2.24) is 10.7 Å². The van der Waals surface area contributed by atoms with E-state index < -0.39 is 23.6 Å². The zero-order valence-corrected chi connectivity index (χ0v) is 9.03. The van der Waals surface area contributed by atoms with Gasteiger partial charge in [-0.2, -0.15) is 0 Å². The highest BCUT2D eigenvalue weighted by Gasteiger charge is 2.22. The molecule has 0 spiro atoms. The van der Waals surface area contributed by atoms with E-state index in [0.717, 1.165) is 0 Å². The van der Waals surface area contributed by atoms with Gasteiger partial charge < -0.3 is 15.2 Å². The number of hydrogen-bond acceptors (Lipinski definition) is 4. The molecule has 5 N–H and O–H groups in total. The van der Waals surface area contributed by atoms with Crippen molar-refractivity contribution < 1.29 is 19.4 Å². The Hall–Kier alpha value is -1.34. The van der Waals surface area contributed by atoms with Crippen LogP contribution in [0.2, 0.25) is 0 Å². The molecule has 7 nitrogen and oxygen atoms in total. The number of hydrogen-bond donors (Lipinski definition) is 4. The van der Waals surface area contributed by atoms with Crippen LogP contribution in [0.4, 0.5) is 4.79 Å². The second kappa shape index (κ2) is 5.52. The van der Waals surface area contributed by atoms with Gasteiger partial charge in [-0.3, -0.25) is 10.2 Å². The van der Waals surface area contributed by atoms with Gasteiger partial charge in [0.2, 0.25) is 0 Å². The van der Waals surface area contributed by atoms with Crippen molar-refractivity contribution in [3.05, 3.63) is 0 Å². The van der Waals surface area contributed by atoms with Gasteiger partial charge in [-0.25, -0.2) is 10.6 Å². The van der Waals surface area contributed by atoms with Crippen LogP contribution in [0.5, 0.6) is 0 Å². The molecule has 0 aromatic rings. The van der Waals surface area contributed by atoms with Crippen LogP contribution in [-0.2, 0) is 9.53 Å². The SMILES string of the molecule is CC(C)(C)OC[C@@H](NC(=O)O)C(=O)NN. The van der Waals surface area contributed by atoms with E-state index in [-0.39, 0.29) is 6.61 Å². The molecule has 0 bridgehead atoms. The molecule has 0 aromatic heterocycles. The van der Waals surface area contributed by atoms with Crippen molar-refractivity contribution in [2.24, 2.45) is 5.84 Å². The highest BCUT2D eigenvalue weighted by Crippen LogP contribution is 2.07. The molecule has 88 valence electrons. The van der Waals surface area contributed by atoms with Gasteiger partial charge in [0.1, 0.15) is 6.04 Å². The lowest BCUT2D eigenvalue weighted by atomic mass is 10.2. The van der Waals surface area contributed by atoms with Crippen LogP contribution < -0.4 is 16.6 Å². The van der Waals surface area contributed by atoms with E-state index >= 15 is 0 Å². The lowest BCUT2D eigenvalue weighted by molar-refractivity contribution is -0.126.